The van der Waals surface area contributed by atoms with Crippen LogP contribution in [0.2, 0.25) is 0 Å². The third-order valence-corrected chi connectivity index (χ3v) is 5.36. The zero-order chi connectivity index (χ0) is 13.9. The normalized spacial score (nSPS) is 11.7. The third kappa shape index (κ3) is 3.92. The Kier molecular flexibility index (Phi) is 4.83. The van der Waals surface area contributed by atoms with E-state index in [1.54, 1.807) is 30.5 Å². The van der Waals surface area contributed by atoms with Crippen LogP contribution in [0, 0.1) is 0 Å². The Balaban J connectivity index is 2.05. The molecule has 0 bridgehead atoms. The summed E-state index contributed by atoms with van der Waals surface area (Å²) in [7, 11) is -3.52. The first-order chi connectivity index (χ1) is 8.99. The molecule has 4 nitrogen and oxygen atoms in total. The van der Waals surface area contributed by atoms with E-state index in [1.807, 2.05) is 6.07 Å². The van der Waals surface area contributed by atoms with Crippen LogP contribution in [0.25, 0.3) is 0 Å². The van der Waals surface area contributed by atoms with Crippen LogP contribution in [0.15, 0.2) is 54.9 Å². The Morgan fingerprint density at radius 2 is 2.00 bits per heavy atom. The number of nitrogens with one attached hydrogen (secondary N) is 1. The molecule has 0 atom stereocenters. The van der Waals surface area contributed by atoms with Crippen molar-refractivity contribution in [3.8, 4) is 0 Å². The summed E-state index contributed by atoms with van der Waals surface area (Å²) in [5.74, 6) is 0.748. The number of furan rings is 1. The van der Waals surface area contributed by atoms with Crippen molar-refractivity contribution in [1.82, 2.24) is 4.72 Å². The standard InChI is InChI=1S/C12H11Br2NO3S/c13-9-3-4-12(11(14)8-9)19(16,17)15-6-5-10-2-1-7-18-10/h1-4,7-8,15H,5-6H2. The van der Waals surface area contributed by atoms with E-state index in [0.29, 0.717) is 17.4 Å². The molecule has 0 radical (unpaired) electrons. The molecule has 7 heteroatoms. The van der Waals surface area contributed by atoms with Crippen LogP contribution in [0.3, 0.4) is 0 Å². The van der Waals surface area contributed by atoms with Gasteiger partial charge in [-0.2, -0.15) is 0 Å². The van der Waals surface area contributed by atoms with Crippen molar-refractivity contribution < 1.29 is 12.8 Å². The van der Waals surface area contributed by atoms with E-state index in [1.165, 1.54) is 0 Å². The molecule has 1 heterocycles. The maximum absolute atomic E-state index is 12.1. The van der Waals surface area contributed by atoms with Crippen LogP contribution in [0.4, 0.5) is 0 Å². The van der Waals surface area contributed by atoms with Crippen molar-refractivity contribution in [2.24, 2.45) is 0 Å². The molecule has 2 aromatic rings. The second-order valence-corrected chi connectivity index (χ2v) is 7.31. The number of hydrogen-bond donors (Lipinski definition) is 1. The molecule has 0 fully saturated rings. The molecule has 0 spiro atoms. The summed E-state index contributed by atoms with van der Waals surface area (Å²) in [6.45, 7) is 0.290. The van der Waals surface area contributed by atoms with E-state index >= 15 is 0 Å². The largest absolute Gasteiger partial charge is 0.469 e. The van der Waals surface area contributed by atoms with Crippen LogP contribution >= 0.6 is 31.9 Å². The Morgan fingerprint density at radius 3 is 2.63 bits per heavy atom. The lowest BCUT2D eigenvalue weighted by Crippen LogP contribution is -2.26. The highest BCUT2D eigenvalue weighted by molar-refractivity contribution is 9.11. The number of rotatable bonds is 5. The lowest BCUT2D eigenvalue weighted by Gasteiger charge is -2.08. The van der Waals surface area contributed by atoms with Gasteiger partial charge >= 0.3 is 0 Å². The van der Waals surface area contributed by atoms with Gasteiger partial charge in [0.05, 0.1) is 11.2 Å². The van der Waals surface area contributed by atoms with Gasteiger partial charge in [-0.15, -0.1) is 0 Å². The SMILES string of the molecule is O=S(=O)(NCCc1ccco1)c1ccc(Br)cc1Br. The highest BCUT2D eigenvalue weighted by Crippen LogP contribution is 2.25. The molecule has 19 heavy (non-hydrogen) atoms. The quantitative estimate of drug-likeness (QED) is 0.825. The number of benzene rings is 1. The van der Waals surface area contributed by atoms with Gasteiger partial charge in [0.1, 0.15) is 5.76 Å². The summed E-state index contributed by atoms with van der Waals surface area (Å²) >= 11 is 6.53. The predicted molar refractivity (Wildman–Crippen MR) is 79.4 cm³/mol. The fourth-order valence-electron chi connectivity index (χ4n) is 1.53. The first-order valence-corrected chi connectivity index (χ1v) is 8.53. The fourth-order valence-corrected chi connectivity index (χ4v) is 4.31. The molecule has 1 N–H and O–H groups in total. The Labute approximate surface area is 128 Å². The lowest BCUT2D eigenvalue weighted by atomic mass is 10.3. The van der Waals surface area contributed by atoms with Crippen LogP contribution < -0.4 is 4.72 Å². The van der Waals surface area contributed by atoms with Crippen LogP contribution in [0.5, 0.6) is 0 Å². The average molecular weight is 409 g/mol. The van der Waals surface area contributed by atoms with Crippen molar-refractivity contribution >= 4 is 41.9 Å². The van der Waals surface area contributed by atoms with E-state index in [0.717, 1.165) is 10.2 Å². The monoisotopic (exact) mass is 407 g/mol. The predicted octanol–water partition coefficient (Wildman–Crippen LogP) is 3.33. The molecule has 0 unspecified atom stereocenters. The maximum Gasteiger partial charge on any atom is 0.241 e. The highest BCUT2D eigenvalue weighted by Gasteiger charge is 2.17. The minimum Gasteiger partial charge on any atom is -0.469 e. The summed E-state index contributed by atoms with van der Waals surface area (Å²) in [5.41, 5.74) is 0. The smallest absolute Gasteiger partial charge is 0.241 e. The Hall–Kier alpha value is -0.630. The molecule has 1 aromatic heterocycles. The molecule has 0 saturated carbocycles. The van der Waals surface area contributed by atoms with Gasteiger partial charge < -0.3 is 4.42 Å². The molecule has 0 aliphatic carbocycles. The molecule has 1 aromatic carbocycles. The molecule has 0 aliphatic heterocycles. The van der Waals surface area contributed by atoms with Crippen molar-refractivity contribution in [3.63, 3.8) is 0 Å². The topological polar surface area (TPSA) is 59.3 Å². The van der Waals surface area contributed by atoms with E-state index in [2.05, 4.69) is 36.6 Å². The van der Waals surface area contributed by atoms with Crippen LogP contribution in [-0.4, -0.2) is 15.0 Å². The van der Waals surface area contributed by atoms with Gasteiger partial charge in [0.25, 0.3) is 0 Å². The van der Waals surface area contributed by atoms with Crippen molar-refractivity contribution in [1.29, 1.82) is 0 Å². The van der Waals surface area contributed by atoms with Gasteiger partial charge in [0.15, 0.2) is 0 Å². The van der Waals surface area contributed by atoms with E-state index in [4.69, 9.17) is 4.42 Å². The summed E-state index contributed by atoms with van der Waals surface area (Å²) in [4.78, 5) is 0.218. The highest BCUT2D eigenvalue weighted by atomic mass is 79.9. The first-order valence-electron chi connectivity index (χ1n) is 5.46. The van der Waals surface area contributed by atoms with Gasteiger partial charge in [0, 0.05) is 21.9 Å². The van der Waals surface area contributed by atoms with E-state index < -0.39 is 10.0 Å². The van der Waals surface area contributed by atoms with Crippen LogP contribution in [-0.2, 0) is 16.4 Å². The van der Waals surface area contributed by atoms with E-state index in [9.17, 15) is 8.42 Å². The van der Waals surface area contributed by atoms with Crippen LogP contribution in [0.1, 0.15) is 5.76 Å². The zero-order valence-corrected chi connectivity index (χ0v) is 13.8. The Morgan fingerprint density at radius 1 is 1.21 bits per heavy atom. The third-order valence-electron chi connectivity index (χ3n) is 2.43. The lowest BCUT2D eigenvalue weighted by molar-refractivity contribution is 0.506. The van der Waals surface area contributed by atoms with Gasteiger partial charge in [-0.05, 0) is 46.3 Å². The summed E-state index contributed by atoms with van der Waals surface area (Å²) in [5, 5.41) is 0. The molecule has 102 valence electrons. The average Bonchev–Trinajstić information content (AvgIpc) is 2.81. The van der Waals surface area contributed by atoms with Crippen molar-refractivity contribution in [2.45, 2.75) is 11.3 Å². The second kappa shape index (κ2) is 6.21. The molecule has 0 saturated heterocycles. The molecule has 0 amide bonds. The molecular formula is C12H11Br2NO3S. The zero-order valence-electron chi connectivity index (χ0n) is 9.77. The van der Waals surface area contributed by atoms with Crippen molar-refractivity contribution in [2.75, 3.05) is 6.54 Å². The Bertz CT molecular complexity index is 654. The second-order valence-electron chi connectivity index (χ2n) is 3.80. The first kappa shape index (κ1) is 14.8. The summed E-state index contributed by atoms with van der Waals surface area (Å²) < 4.78 is 33.2. The van der Waals surface area contributed by atoms with Crippen molar-refractivity contribution in [3.05, 3.63) is 51.3 Å². The summed E-state index contributed by atoms with van der Waals surface area (Å²) in [6.07, 6.45) is 2.08. The number of sulfonamides is 1. The van der Waals surface area contributed by atoms with Gasteiger partial charge in [-0.3, -0.25) is 0 Å². The van der Waals surface area contributed by atoms with Gasteiger partial charge in [-0.1, -0.05) is 15.9 Å². The van der Waals surface area contributed by atoms with E-state index in [-0.39, 0.29) is 4.90 Å². The number of halogens is 2. The minimum atomic E-state index is -3.52. The van der Waals surface area contributed by atoms with Gasteiger partial charge in [-0.25, -0.2) is 13.1 Å². The summed E-state index contributed by atoms with van der Waals surface area (Å²) in [6, 6.07) is 8.51. The number of hydrogen-bond acceptors (Lipinski definition) is 3. The van der Waals surface area contributed by atoms with Gasteiger partial charge in [0.2, 0.25) is 10.0 Å². The minimum absolute atomic E-state index is 0.218. The molecular weight excluding hydrogens is 398 g/mol. The molecule has 2 rings (SSSR count). The molecule has 0 aliphatic rings. The fraction of sp³-hybridized carbons (Fsp3) is 0.167. The maximum atomic E-state index is 12.1.